The highest BCUT2D eigenvalue weighted by Gasteiger charge is 2.06. The molecular formula is C9H20N2S. The van der Waals surface area contributed by atoms with Crippen molar-refractivity contribution in [1.29, 1.82) is 0 Å². The van der Waals surface area contributed by atoms with Gasteiger partial charge in [0.25, 0.3) is 0 Å². The van der Waals surface area contributed by atoms with Crippen molar-refractivity contribution in [3.63, 3.8) is 0 Å². The van der Waals surface area contributed by atoms with Gasteiger partial charge in [-0.05, 0) is 44.5 Å². The minimum absolute atomic E-state index is 1.18. The molecule has 1 N–H and O–H groups in total. The van der Waals surface area contributed by atoms with E-state index >= 15 is 0 Å². The second-order valence-electron chi connectivity index (χ2n) is 3.29. The molecule has 0 saturated carbocycles. The zero-order valence-corrected chi connectivity index (χ0v) is 8.83. The first-order valence-corrected chi connectivity index (χ1v) is 6.25. The summed E-state index contributed by atoms with van der Waals surface area (Å²) in [5, 5.41) is 3.42. The average molecular weight is 188 g/mol. The Morgan fingerprint density at radius 2 is 2.25 bits per heavy atom. The SMILES string of the molecule is CSCCCN1CCCNCC1. The second kappa shape index (κ2) is 6.75. The molecular weight excluding hydrogens is 168 g/mol. The van der Waals surface area contributed by atoms with Crippen LogP contribution in [0.15, 0.2) is 0 Å². The van der Waals surface area contributed by atoms with Crippen LogP contribution in [0.3, 0.4) is 0 Å². The quantitative estimate of drug-likeness (QED) is 0.664. The fraction of sp³-hybridized carbons (Fsp3) is 1.00. The van der Waals surface area contributed by atoms with Gasteiger partial charge in [0.15, 0.2) is 0 Å². The zero-order chi connectivity index (χ0) is 8.65. The van der Waals surface area contributed by atoms with Crippen molar-refractivity contribution in [2.45, 2.75) is 12.8 Å². The normalized spacial score (nSPS) is 20.8. The summed E-state index contributed by atoms with van der Waals surface area (Å²) in [7, 11) is 0. The highest BCUT2D eigenvalue weighted by molar-refractivity contribution is 7.98. The first-order chi connectivity index (χ1) is 5.93. The Hall–Kier alpha value is 0.270. The van der Waals surface area contributed by atoms with E-state index in [-0.39, 0.29) is 0 Å². The maximum Gasteiger partial charge on any atom is 0.0107 e. The molecule has 0 aromatic heterocycles. The lowest BCUT2D eigenvalue weighted by atomic mass is 10.3. The van der Waals surface area contributed by atoms with E-state index in [1.165, 1.54) is 51.3 Å². The van der Waals surface area contributed by atoms with Gasteiger partial charge in [-0.1, -0.05) is 0 Å². The number of thioether (sulfide) groups is 1. The van der Waals surface area contributed by atoms with Crippen LogP contribution in [0.4, 0.5) is 0 Å². The Balaban J connectivity index is 2.04. The van der Waals surface area contributed by atoms with Crippen LogP contribution in [-0.4, -0.2) is 49.6 Å². The van der Waals surface area contributed by atoms with Gasteiger partial charge in [-0.3, -0.25) is 0 Å². The van der Waals surface area contributed by atoms with E-state index in [4.69, 9.17) is 0 Å². The molecule has 1 aliphatic rings. The zero-order valence-electron chi connectivity index (χ0n) is 8.01. The molecule has 72 valence electrons. The van der Waals surface area contributed by atoms with Crippen molar-refractivity contribution in [2.24, 2.45) is 0 Å². The smallest absolute Gasteiger partial charge is 0.0107 e. The lowest BCUT2D eigenvalue weighted by Gasteiger charge is -2.18. The third-order valence-electron chi connectivity index (χ3n) is 2.26. The summed E-state index contributed by atoms with van der Waals surface area (Å²) in [5.74, 6) is 1.31. The summed E-state index contributed by atoms with van der Waals surface area (Å²) in [5.41, 5.74) is 0. The van der Waals surface area contributed by atoms with Crippen molar-refractivity contribution in [3.05, 3.63) is 0 Å². The van der Waals surface area contributed by atoms with Crippen LogP contribution in [0.25, 0.3) is 0 Å². The minimum atomic E-state index is 1.18. The summed E-state index contributed by atoms with van der Waals surface area (Å²) in [6.07, 6.45) is 4.85. The van der Waals surface area contributed by atoms with Gasteiger partial charge in [0.1, 0.15) is 0 Å². The maximum absolute atomic E-state index is 3.42. The molecule has 1 rings (SSSR count). The Bertz CT molecular complexity index is 101. The first-order valence-electron chi connectivity index (χ1n) is 4.85. The molecule has 3 heteroatoms. The average Bonchev–Trinajstić information content (AvgIpc) is 2.33. The van der Waals surface area contributed by atoms with Crippen LogP contribution in [-0.2, 0) is 0 Å². The lowest BCUT2D eigenvalue weighted by molar-refractivity contribution is 0.294. The topological polar surface area (TPSA) is 15.3 Å². The number of nitrogens with one attached hydrogen (secondary N) is 1. The van der Waals surface area contributed by atoms with E-state index in [1.807, 2.05) is 11.8 Å². The van der Waals surface area contributed by atoms with Gasteiger partial charge in [-0.25, -0.2) is 0 Å². The van der Waals surface area contributed by atoms with Gasteiger partial charge in [0.05, 0.1) is 0 Å². The fourth-order valence-electron chi connectivity index (χ4n) is 1.56. The van der Waals surface area contributed by atoms with Crippen molar-refractivity contribution in [2.75, 3.05) is 44.7 Å². The van der Waals surface area contributed by atoms with Crippen LogP contribution in [0.5, 0.6) is 0 Å². The number of hydrogen-bond acceptors (Lipinski definition) is 3. The van der Waals surface area contributed by atoms with Gasteiger partial charge < -0.3 is 10.2 Å². The number of nitrogens with zero attached hydrogens (tertiary/aromatic N) is 1. The van der Waals surface area contributed by atoms with Crippen LogP contribution < -0.4 is 5.32 Å². The monoisotopic (exact) mass is 188 g/mol. The minimum Gasteiger partial charge on any atom is -0.315 e. The molecule has 1 aliphatic heterocycles. The molecule has 0 radical (unpaired) electrons. The Morgan fingerprint density at radius 3 is 3.08 bits per heavy atom. The summed E-state index contributed by atoms with van der Waals surface area (Å²) in [4.78, 5) is 2.58. The molecule has 0 amide bonds. The van der Waals surface area contributed by atoms with Crippen molar-refractivity contribution in [1.82, 2.24) is 10.2 Å². The molecule has 1 saturated heterocycles. The summed E-state index contributed by atoms with van der Waals surface area (Å²) in [6, 6.07) is 0. The molecule has 1 heterocycles. The van der Waals surface area contributed by atoms with Crippen LogP contribution in [0, 0.1) is 0 Å². The van der Waals surface area contributed by atoms with E-state index in [0.29, 0.717) is 0 Å². The molecule has 0 bridgehead atoms. The predicted molar refractivity (Wildman–Crippen MR) is 56.9 cm³/mol. The van der Waals surface area contributed by atoms with E-state index in [9.17, 15) is 0 Å². The first kappa shape index (κ1) is 10.4. The Labute approximate surface area is 80.1 Å². The predicted octanol–water partition coefficient (Wildman–Crippen LogP) is 1.03. The molecule has 12 heavy (non-hydrogen) atoms. The fourth-order valence-corrected chi connectivity index (χ4v) is 1.98. The van der Waals surface area contributed by atoms with Gasteiger partial charge in [0, 0.05) is 13.1 Å². The molecule has 0 aromatic rings. The van der Waals surface area contributed by atoms with Crippen molar-refractivity contribution < 1.29 is 0 Å². The summed E-state index contributed by atoms with van der Waals surface area (Å²) >= 11 is 1.95. The Morgan fingerprint density at radius 1 is 1.33 bits per heavy atom. The van der Waals surface area contributed by atoms with E-state index < -0.39 is 0 Å². The maximum atomic E-state index is 3.42. The molecule has 1 fully saturated rings. The van der Waals surface area contributed by atoms with Crippen LogP contribution in [0.2, 0.25) is 0 Å². The van der Waals surface area contributed by atoms with E-state index in [2.05, 4.69) is 16.5 Å². The second-order valence-corrected chi connectivity index (χ2v) is 4.28. The van der Waals surface area contributed by atoms with Crippen molar-refractivity contribution in [3.8, 4) is 0 Å². The van der Waals surface area contributed by atoms with Crippen LogP contribution >= 0.6 is 11.8 Å². The third-order valence-corrected chi connectivity index (χ3v) is 2.95. The van der Waals surface area contributed by atoms with Gasteiger partial charge in [-0.2, -0.15) is 11.8 Å². The van der Waals surface area contributed by atoms with Gasteiger partial charge in [-0.15, -0.1) is 0 Å². The molecule has 0 spiro atoms. The Kier molecular flexibility index (Phi) is 5.82. The number of rotatable bonds is 4. The molecule has 0 aliphatic carbocycles. The molecule has 0 atom stereocenters. The van der Waals surface area contributed by atoms with E-state index in [1.54, 1.807) is 0 Å². The number of hydrogen-bond donors (Lipinski definition) is 1. The summed E-state index contributed by atoms with van der Waals surface area (Å²) in [6.45, 7) is 6.22. The highest BCUT2D eigenvalue weighted by atomic mass is 32.2. The van der Waals surface area contributed by atoms with E-state index in [0.717, 1.165) is 0 Å². The standard InChI is InChI=1S/C9H20N2S/c1-12-9-3-7-11-6-2-4-10-5-8-11/h10H,2-9H2,1H3. The molecule has 0 aromatic carbocycles. The van der Waals surface area contributed by atoms with Crippen LogP contribution in [0.1, 0.15) is 12.8 Å². The largest absolute Gasteiger partial charge is 0.315 e. The third kappa shape index (κ3) is 4.33. The van der Waals surface area contributed by atoms with Crippen molar-refractivity contribution >= 4 is 11.8 Å². The van der Waals surface area contributed by atoms with Gasteiger partial charge >= 0.3 is 0 Å². The highest BCUT2D eigenvalue weighted by Crippen LogP contribution is 2.00. The van der Waals surface area contributed by atoms with Gasteiger partial charge in [0.2, 0.25) is 0 Å². The summed E-state index contributed by atoms with van der Waals surface area (Å²) < 4.78 is 0. The molecule has 0 unspecified atom stereocenters. The molecule has 2 nitrogen and oxygen atoms in total. The lowest BCUT2D eigenvalue weighted by Crippen LogP contribution is -2.29.